The van der Waals surface area contributed by atoms with Crippen LogP contribution < -0.4 is 4.74 Å². The molecule has 1 aliphatic carbocycles. The zero-order chi connectivity index (χ0) is 28.8. The molecule has 5 rings (SSSR count). The molecule has 2 fully saturated rings. The van der Waals surface area contributed by atoms with E-state index in [9.17, 15) is 0 Å². The molecule has 1 aromatic carbocycles. The number of rotatable bonds is 14. The van der Waals surface area contributed by atoms with Crippen LogP contribution in [0.1, 0.15) is 77.2 Å². The highest BCUT2D eigenvalue weighted by atomic mass is 16.7. The van der Waals surface area contributed by atoms with Gasteiger partial charge in [0.05, 0.1) is 45.0 Å². The van der Waals surface area contributed by atoms with Crippen molar-refractivity contribution in [1.29, 1.82) is 0 Å². The van der Waals surface area contributed by atoms with Gasteiger partial charge in [-0.05, 0) is 45.6 Å². The summed E-state index contributed by atoms with van der Waals surface area (Å²) in [5.41, 5.74) is 2.64. The van der Waals surface area contributed by atoms with Crippen LogP contribution in [0.4, 0.5) is 0 Å². The van der Waals surface area contributed by atoms with Gasteiger partial charge in [0.1, 0.15) is 5.82 Å². The van der Waals surface area contributed by atoms with Crippen LogP contribution in [0.2, 0.25) is 0 Å². The van der Waals surface area contributed by atoms with E-state index in [0.29, 0.717) is 43.6 Å². The Bertz CT molecular complexity index is 1250. The van der Waals surface area contributed by atoms with Crippen LogP contribution in [0.3, 0.4) is 0 Å². The molecule has 0 bridgehead atoms. The molecule has 1 saturated heterocycles. The van der Waals surface area contributed by atoms with Crippen LogP contribution in [-0.2, 0) is 25.6 Å². The molecule has 0 radical (unpaired) electrons. The highest BCUT2D eigenvalue weighted by molar-refractivity contribution is 5.76. The Labute approximate surface area is 243 Å². The molecule has 1 unspecified atom stereocenters. The molecule has 0 N–H and O–H groups in total. The second-order valence-electron chi connectivity index (χ2n) is 11.8. The average molecular weight is 567 g/mol. The van der Waals surface area contributed by atoms with Crippen molar-refractivity contribution in [3.8, 4) is 5.88 Å². The average Bonchev–Trinajstić information content (AvgIpc) is 3.64. The maximum atomic E-state index is 6.59. The van der Waals surface area contributed by atoms with Crippen molar-refractivity contribution < 1.29 is 23.7 Å². The standard InChI is InChI=1S/C32H46N4O5/c1-6-8-15-38-26-17-25(36-21-33-29-30(36)34-22(3)35-31(29)39-16-9-7-2)28(27-20-40-32(4,5)41-27)24(26)19-37-18-23-13-11-10-12-14-23/h10-14,21,24-28H,6-9,15-20H2,1-5H3/t24-,25+,26+,27?,28+/m1/s1. The molecular formula is C32H46N4O5. The van der Waals surface area contributed by atoms with E-state index in [-0.39, 0.29) is 30.1 Å². The third-order valence-electron chi connectivity index (χ3n) is 8.20. The first-order chi connectivity index (χ1) is 19.9. The molecular weight excluding hydrogens is 520 g/mol. The van der Waals surface area contributed by atoms with E-state index >= 15 is 0 Å². The van der Waals surface area contributed by atoms with Gasteiger partial charge in [0, 0.05) is 24.5 Å². The minimum atomic E-state index is -0.637. The van der Waals surface area contributed by atoms with Gasteiger partial charge in [-0.1, -0.05) is 57.0 Å². The first kappa shape index (κ1) is 29.9. The largest absolute Gasteiger partial charge is 0.476 e. The SMILES string of the molecule is CCCCOc1nc(C)nc2c1ncn2[C@H]1C[C@H](OCCCC)[C@@H](COCc2ccccc2)[C@@H]1C1COC(C)(C)O1. The van der Waals surface area contributed by atoms with Crippen molar-refractivity contribution in [1.82, 2.24) is 19.5 Å². The van der Waals surface area contributed by atoms with E-state index in [4.69, 9.17) is 33.7 Å². The summed E-state index contributed by atoms with van der Waals surface area (Å²) in [5.74, 6) is 0.775. The van der Waals surface area contributed by atoms with Crippen LogP contribution in [0.15, 0.2) is 36.7 Å². The molecule has 2 aliphatic rings. The number of ether oxygens (including phenoxy) is 5. The smallest absolute Gasteiger partial charge is 0.245 e. The Kier molecular flexibility index (Phi) is 9.91. The predicted octanol–water partition coefficient (Wildman–Crippen LogP) is 6.04. The maximum Gasteiger partial charge on any atom is 0.245 e. The van der Waals surface area contributed by atoms with Gasteiger partial charge in [0.15, 0.2) is 17.0 Å². The molecule has 3 aromatic rings. The van der Waals surface area contributed by atoms with Crippen molar-refractivity contribution >= 4 is 11.2 Å². The van der Waals surface area contributed by atoms with Gasteiger partial charge in [-0.15, -0.1) is 0 Å². The van der Waals surface area contributed by atoms with E-state index in [2.05, 4.69) is 35.5 Å². The highest BCUT2D eigenvalue weighted by Gasteiger charge is 2.52. The number of fused-ring (bicyclic) bond motifs is 1. The number of hydrogen-bond acceptors (Lipinski definition) is 8. The lowest BCUT2D eigenvalue weighted by molar-refractivity contribution is -0.151. The van der Waals surface area contributed by atoms with Gasteiger partial charge in [-0.2, -0.15) is 4.98 Å². The number of unbranched alkanes of at least 4 members (excludes halogenated alkanes) is 2. The quantitative estimate of drug-likeness (QED) is 0.218. The van der Waals surface area contributed by atoms with Crippen molar-refractivity contribution in [2.24, 2.45) is 11.8 Å². The van der Waals surface area contributed by atoms with Crippen LogP contribution in [-0.4, -0.2) is 63.9 Å². The molecule has 1 aliphatic heterocycles. The summed E-state index contributed by atoms with van der Waals surface area (Å²) in [6.07, 6.45) is 6.74. The summed E-state index contributed by atoms with van der Waals surface area (Å²) in [5, 5.41) is 0. The molecule has 224 valence electrons. The molecule has 1 saturated carbocycles. The Morgan fingerprint density at radius 1 is 1.05 bits per heavy atom. The van der Waals surface area contributed by atoms with E-state index in [0.717, 1.165) is 49.9 Å². The van der Waals surface area contributed by atoms with Crippen molar-refractivity contribution in [3.63, 3.8) is 0 Å². The van der Waals surface area contributed by atoms with Gasteiger partial charge >= 0.3 is 0 Å². The van der Waals surface area contributed by atoms with Gasteiger partial charge in [-0.25, -0.2) is 9.97 Å². The van der Waals surface area contributed by atoms with Gasteiger partial charge in [-0.3, -0.25) is 0 Å². The number of aryl methyl sites for hydroxylation is 1. The summed E-state index contributed by atoms with van der Waals surface area (Å²) >= 11 is 0. The fourth-order valence-corrected chi connectivity index (χ4v) is 6.16. The van der Waals surface area contributed by atoms with Gasteiger partial charge < -0.3 is 28.3 Å². The summed E-state index contributed by atoms with van der Waals surface area (Å²) < 4.78 is 33.8. The molecule has 9 nitrogen and oxygen atoms in total. The van der Waals surface area contributed by atoms with Crippen LogP contribution in [0, 0.1) is 18.8 Å². The van der Waals surface area contributed by atoms with Crippen LogP contribution in [0.5, 0.6) is 5.88 Å². The number of imidazole rings is 1. The molecule has 9 heteroatoms. The van der Waals surface area contributed by atoms with Gasteiger partial charge in [0.25, 0.3) is 0 Å². The molecule has 5 atom stereocenters. The topological polar surface area (TPSA) is 89.8 Å². The monoisotopic (exact) mass is 566 g/mol. The number of aromatic nitrogens is 4. The second-order valence-corrected chi connectivity index (χ2v) is 11.8. The lowest BCUT2D eigenvalue weighted by Gasteiger charge is -2.31. The van der Waals surface area contributed by atoms with E-state index < -0.39 is 5.79 Å². The lowest BCUT2D eigenvalue weighted by atomic mass is 9.88. The van der Waals surface area contributed by atoms with E-state index in [1.165, 1.54) is 0 Å². The van der Waals surface area contributed by atoms with E-state index in [1.807, 2.05) is 45.3 Å². The third-order valence-corrected chi connectivity index (χ3v) is 8.20. The number of benzene rings is 1. The lowest BCUT2D eigenvalue weighted by Crippen LogP contribution is -2.37. The highest BCUT2D eigenvalue weighted by Crippen LogP contribution is 2.48. The maximum absolute atomic E-state index is 6.59. The number of hydrogen-bond donors (Lipinski definition) is 0. The second kappa shape index (κ2) is 13.6. The van der Waals surface area contributed by atoms with Crippen LogP contribution >= 0.6 is 0 Å². The van der Waals surface area contributed by atoms with Gasteiger partial charge in [0.2, 0.25) is 5.88 Å². The molecule has 41 heavy (non-hydrogen) atoms. The summed E-state index contributed by atoms with van der Waals surface area (Å²) in [7, 11) is 0. The molecule has 2 aromatic heterocycles. The van der Waals surface area contributed by atoms with Crippen molar-refractivity contribution in [3.05, 3.63) is 48.0 Å². The molecule has 0 amide bonds. The normalized spacial score (nSPS) is 25.7. The summed E-state index contributed by atoms with van der Waals surface area (Å²) in [6.45, 7) is 13.2. The first-order valence-electron chi connectivity index (χ1n) is 15.3. The zero-order valence-corrected chi connectivity index (χ0v) is 25.3. The number of nitrogens with zero attached hydrogens (tertiary/aromatic N) is 4. The Balaban J connectivity index is 1.47. The predicted molar refractivity (Wildman–Crippen MR) is 157 cm³/mol. The van der Waals surface area contributed by atoms with Crippen molar-refractivity contribution in [2.75, 3.05) is 26.4 Å². The Morgan fingerprint density at radius 3 is 2.56 bits per heavy atom. The minimum absolute atomic E-state index is 0.0142. The Hall–Kier alpha value is -2.59. The fraction of sp³-hybridized carbons (Fsp3) is 0.656. The van der Waals surface area contributed by atoms with Crippen molar-refractivity contribution in [2.45, 2.75) is 97.4 Å². The molecule has 0 spiro atoms. The first-order valence-corrected chi connectivity index (χ1v) is 15.3. The fourth-order valence-electron chi connectivity index (χ4n) is 6.16. The zero-order valence-electron chi connectivity index (χ0n) is 25.3. The van der Waals surface area contributed by atoms with Crippen LogP contribution in [0.25, 0.3) is 11.2 Å². The van der Waals surface area contributed by atoms with E-state index in [1.54, 1.807) is 0 Å². The molecule has 3 heterocycles. The summed E-state index contributed by atoms with van der Waals surface area (Å²) in [6, 6.07) is 10.4. The summed E-state index contributed by atoms with van der Waals surface area (Å²) in [4.78, 5) is 14.2. The third kappa shape index (κ3) is 7.08. The minimum Gasteiger partial charge on any atom is -0.476 e. The Morgan fingerprint density at radius 2 is 1.83 bits per heavy atom.